The van der Waals surface area contributed by atoms with E-state index in [1.165, 1.54) is 0 Å². The van der Waals surface area contributed by atoms with Crippen molar-refractivity contribution in [3.8, 4) is 0 Å². The number of anilines is 1. The van der Waals surface area contributed by atoms with Gasteiger partial charge in [-0.05, 0) is 74.5 Å². The SMILES string of the molecule is Cc1ccn(CC2CCCNC2)c(=O)c1C(=O)Nc1ccc2c(c1)C(=O)NCC2. The minimum absolute atomic E-state index is 0.137. The first-order valence-electron chi connectivity index (χ1n) is 10.2. The van der Waals surface area contributed by atoms with Crippen molar-refractivity contribution >= 4 is 17.5 Å². The van der Waals surface area contributed by atoms with Gasteiger partial charge in [0.25, 0.3) is 17.4 Å². The Labute approximate surface area is 169 Å². The highest BCUT2D eigenvalue weighted by Crippen LogP contribution is 2.20. The zero-order chi connectivity index (χ0) is 20.4. The van der Waals surface area contributed by atoms with E-state index in [0.29, 0.717) is 35.8 Å². The van der Waals surface area contributed by atoms with Crippen molar-refractivity contribution in [2.45, 2.75) is 32.7 Å². The van der Waals surface area contributed by atoms with Crippen LogP contribution in [0, 0.1) is 12.8 Å². The minimum Gasteiger partial charge on any atom is -0.352 e. The Balaban J connectivity index is 1.57. The van der Waals surface area contributed by atoms with Gasteiger partial charge in [0.05, 0.1) is 0 Å². The topological polar surface area (TPSA) is 92.2 Å². The number of carbonyl (C=O) groups is 2. The molecule has 2 aliphatic heterocycles. The first-order valence-corrected chi connectivity index (χ1v) is 10.2. The van der Waals surface area contributed by atoms with Crippen molar-refractivity contribution in [3.63, 3.8) is 0 Å². The minimum atomic E-state index is -0.445. The molecule has 0 aliphatic carbocycles. The third-order valence-corrected chi connectivity index (χ3v) is 5.75. The first kappa shape index (κ1) is 19.4. The molecule has 3 heterocycles. The highest BCUT2D eigenvalue weighted by molar-refractivity contribution is 6.06. The molecule has 4 rings (SSSR count). The number of fused-ring (bicyclic) bond motifs is 1. The third kappa shape index (κ3) is 4.10. The molecule has 29 heavy (non-hydrogen) atoms. The fraction of sp³-hybridized carbons (Fsp3) is 0.409. The van der Waals surface area contributed by atoms with Crippen LogP contribution in [0.4, 0.5) is 5.69 Å². The van der Waals surface area contributed by atoms with Crippen LogP contribution in [0.2, 0.25) is 0 Å². The molecule has 3 N–H and O–H groups in total. The van der Waals surface area contributed by atoms with E-state index in [1.54, 1.807) is 29.8 Å². The summed E-state index contributed by atoms with van der Waals surface area (Å²) in [5.74, 6) is -0.194. The highest BCUT2D eigenvalue weighted by Gasteiger charge is 2.21. The third-order valence-electron chi connectivity index (χ3n) is 5.75. The first-order chi connectivity index (χ1) is 14.0. The zero-order valence-corrected chi connectivity index (χ0v) is 16.6. The van der Waals surface area contributed by atoms with Crippen LogP contribution in [0.15, 0.2) is 35.3 Å². The molecular formula is C22H26N4O3. The average molecular weight is 394 g/mol. The summed E-state index contributed by atoms with van der Waals surface area (Å²) >= 11 is 0. The molecular weight excluding hydrogens is 368 g/mol. The molecule has 0 bridgehead atoms. The van der Waals surface area contributed by atoms with Crippen LogP contribution in [0.1, 0.15) is 44.7 Å². The van der Waals surface area contributed by atoms with E-state index in [9.17, 15) is 14.4 Å². The number of benzene rings is 1. The quantitative estimate of drug-likeness (QED) is 0.736. The van der Waals surface area contributed by atoms with Crippen LogP contribution < -0.4 is 21.5 Å². The van der Waals surface area contributed by atoms with Crippen LogP contribution in [-0.4, -0.2) is 36.0 Å². The van der Waals surface area contributed by atoms with Crippen molar-refractivity contribution in [2.24, 2.45) is 5.92 Å². The molecule has 1 aromatic heterocycles. The van der Waals surface area contributed by atoms with Gasteiger partial charge in [0.2, 0.25) is 0 Å². The number of carbonyl (C=O) groups excluding carboxylic acids is 2. The molecule has 0 radical (unpaired) electrons. The summed E-state index contributed by atoms with van der Waals surface area (Å²) in [6.45, 7) is 4.90. The molecule has 2 aliphatic rings. The van der Waals surface area contributed by atoms with Crippen LogP contribution in [0.25, 0.3) is 0 Å². The summed E-state index contributed by atoms with van der Waals surface area (Å²) in [5.41, 5.74) is 2.56. The number of nitrogens with zero attached hydrogens (tertiary/aromatic N) is 1. The lowest BCUT2D eigenvalue weighted by atomic mass is 9.99. The largest absolute Gasteiger partial charge is 0.352 e. The molecule has 2 amide bonds. The summed E-state index contributed by atoms with van der Waals surface area (Å²) < 4.78 is 1.64. The number of pyridine rings is 1. The summed E-state index contributed by atoms with van der Waals surface area (Å²) in [5, 5.41) is 8.96. The molecule has 0 saturated carbocycles. The molecule has 1 unspecified atom stereocenters. The second kappa shape index (κ2) is 8.21. The Kier molecular flexibility index (Phi) is 5.49. The van der Waals surface area contributed by atoms with Gasteiger partial charge in [0.1, 0.15) is 5.56 Å². The van der Waals surface area contributed by atoms with E-state index >= 15 is 0 Å². The maximum atomic E-state index is 13.0. The van der Waals surface area contributed by atoms with Crippen molar-refractivity contribution in [2.75, 3.05) is 25.0 Å². The summed E-state index contributed by atoms with van der Waals surface area (Å²) in [6.07, 6.45) is 4.72. The number of rotatable bonds is 4. The van der Waals surface area contributed by atoms with Crippen molar-refractivity contribution < 1.29 is 9.59 Å². The van der Waals surface area contributed by atoms with Gasteiger partial charge in [0, 0.05) is 30.5 Å². The van der Waals surface area contributed by atoms with Gasteiger partial charge in [-0.1, -0.05) is 6.07 Å². The number of piperidine rings is 1. The monoisotopic (exact) mass is 394 g/mol. The molecule has 152 valence electrons. The van der Waals surface area contributed by atoms with Gasteiger partial charge in [-0.15, -0.1) is 0 Å². The van der Waals surface area contributed by atoms with E-state index in [0.717, 1.165) is 37.9 Å². The predicted octanol–water partition coefficient (Wildman–Crippen LogP) is 1.69. The van der Waals surface area contributed by atoms with Crippen LogP contribution in [0.5, 0.6) is 0 Å². The second-order valence-corrected chi connectivity index (χ2v) is 7.88. The molecule has 1 saturated heterocycles. The summed E-state index contributed by atoms with van der Waals surface area (Å²) in [4.78, 5) is 38.0. The molecule has 1 atom stereocenters. The highest BCUT2D eigenvalue weighted by atomic mass is 16.2. The maximum Gasteiger partial charge on any atom is 0.263 e. The van der Waals surface area contributed by atoms with Gasteiger partial charge in [-0.2, -0.15) is 0 Å². The average Bonchev–Trinajstić information content (AvgIpc) is 2.72. The maximum absolute atomic E-state index is 13.0. The summed E-state index contributed by atoms with van der Waals surface area (Å²) in [6, 6.07) is 7.12. The van der Waals surface area contributed by atoms with Crippen LogP contribution in [0.3, 0.4) is 0 Å². The Bertz CT molecular complexity index is 1010. The lowest BCUT2D eigenvalue weighted by Crippen LogP contribution is -2.36. The molecule has 2 aromatic rings. The molecule has 1 fully saturated rings. The van der Waals surface area contributed by atoms with E-state index in [-0.39, 0.29) is 17.0 Å². The number of aromatic nitrogens is 1. The fourth-order valence-corrected chi connectivity index (χ4v) is 4.13. The van der Waals surface area contributed by atoms with Crippen molar-refractivity contribution in [3.05, 3.63) is 63.1 Å². The van der Waals surface area contributed by atoms with Gasteiger partial charge in [-0.3, -0.25) is 14.4 Å². The van der Waals surface area contributed by atoms with E-state index in [4.69, 9.17) is 0 Å². The van der Waals surface area contributed by atoms with E-state index in [2.05, 4.69) is 16.0 Å². The Hall–Kier alpha value is -2.93. The van der Waals surface area contributed by atoms with Crippen LogP contribution >= 0.6 is 0 Å². The van der Waals surface area contributed by atoms with Gasteiger partial charge < -0.3 is 20.5 Å². The lowest BCUT2D eigenvalue weighted by Gasteiger charge is -2.23. The Morgan fingerprint density at radius 3 is 2.90 bits per heavy atom. The number of amides is 2. The predicted molar refractivity (Wildman–Crippen MR) is 111 cm³/mol. The Morgan fingerprint density at radius 2 is 2.10 bits per heavy atom. The van der Waals surface area contributed by atoms with Crippen molar-refractivity contribution in [1.29, 1.82) is 0 Å². The fourth-order valence-electron chi connectivity index (χ4n) is 4.13. The molecule has 1 aromatic carbocycles. The summed E-state index contributed by atoms with van der Waals surface area (Å²) in [7, 11) is 0. The van der Waals surface area contributed by atoms with Gasteiger partial charge in [0.15, 0.2) is 0 Å². The zero-order valence-electron chi connectivity index (χ0n) is 16.6. The number of nitrogens with one attached hydrogen (secondary N) is 3. The van der Waals surface area contributed by atoms with Crippen LogP contribution in [-0.2, 0) is 13.0 Å². The number of hydrogen-bond acceptors (Lipinski definition) is 4. The Morgan fingerprint density at radius 1 is 1.24 bits per heavy atom. The van der Waals surface area contributed by atoms with Gasteiger partial charge >= 0.3 is 0 Å². The molecule has 0 spiro atoms. The molecule has 7 heteroatoms. The number of hydrogen-bond donors (Lipinski definition) is 3. The van der Waals surface area contributed by atoms with E-state index in [1.807, 2.05) is 12.1 Å². The number of aryl methyl sites for hydroxylation is 1. The second-order valence-electron chi connectivity index (χ2n) is 7.88. The van der Waals surface area contributed by atoms with Gasteiger partial charge in [-0.25, -0.2) is 0 Å². The standard InChI is InChI=1S/C22H26N4O3/c1-14-7-10-26(13-15-3-2-8-23-12-15)22(29)19(14)21(28)25-17-5-4-16-6-9-24-20(27)18(16)11-17/h4-5,7,10-11,15,23H,2-3,6,8-9,12-13H2,1H3,(H,24,27)(H,25,28). The normalized spacial score (nSPS) is 18.7. The smallest absolute Gasteiger partial charge is 0.263 e. The van der Waals surface area contributed by atoms with Crippen molar-refractivity contribution in [1.82, 2.24) is 15.2 Å². The molecule has 7 nitrogen and oxygen atoms in total. The lowest BCUT2D eigenvalue weighted by molar-refractivity contribution is 0.0944. The van der Waals surface area contributed by atoms with E-state index < -0.39 is 5.91 Å².